The monoisotopic (exact) mass is 178 g/mol. The lowest BCUT2D eigenvalue weighted by Crippen LogP contribution is -2.37. The predicted molar refractivity (Wildman–Crippen MR) is 53.4 cm³/mol. The van der Waals surface area contributed by atoms with Crippen LogP contribution >= 0.6 is 0 Å². The second kappa shape index (κ2) is 4.58. The van der Waals surface area contributed by atoms with Crippen LogP contribution in [0.25, 0.3) is 0 Å². The minimum Gasteiger partial charge on any atom is -0.379 e. The van der Waals surface area contributed by atoms with Crippen molar-refractivity contribution in [1.82, 2.24) is 4.90 Å². The number of rotatable bonds is 2. The highest BCUT2D eigenvalue weighted by Crippen LogP contribution is 2.11. The Balaban J connectivity index is 1.82. The third-order valence-electron chi connectivity index (χ3n) is 2.47. The number of nitrogens with zero attached hydrogens (tertiary/aromatic N) is 1. The first kappa shape index (κ1) is 8.97. The first-order chi connectivity index (χ1) is 6.45. The van der Waals surface area contributed by atoms with Crippen molar-refractivity contribution in [2.24, 2.45) is 0 Å². The summed E-state index contributed by atoms with van der Waals surface area (Å²) in [7, 11) is 0. The van der Waals surface area contributed by atoms with Gasteiger partial charge >= 0.3 is 0 Å². The van der Waals surface area contributed by atoms with Crippen LogP contribution < -0.4 is 0 Å². The molecule has 0 unspecified atom stereocenters. The molecule has 2 aliphatic rings. The van der Waals surface area contributed by atoms with Crippen LogP contribution in [0.1, 0.15) is 6.42 Å². The van der Waals surface area contributed by atoms with Crippen LogP contribution in [0, 0.1) is 6.42 Å². The molecule has 0 bridgehead atoms. The zero-order valence-electron chi connectivity index (χ0n) is 7.91. The van der Waals surface area contributed by atoms with E-state index >= 15 is 0 Å². The number of hydrogen-bond acceptors (Lipinski definition) is 2. The zero-order valence-corrected chi connectivity index (χ0v) is 7.91. The number of hydrogen-bond donors (Lipinski definition) is 0. The summed E-state index contributed by atoms with van der Waals surface area (Å²) in [6.45, 7) is 5.03. The highest BCUT2D eigenvalue weighted by Gasteiger charge is 2.11. The van der Waals surface area contributed by atoms with Gasteiger partial charge in [0.15, 0.2) is 0 Å². The van der Waals surface area contributed by atoms with Crippen molar-refractivity contribution in [1.29, 1.82) is 0 Å². The van der Waals surface area contributed by atoms with E-state index in [2.05, 4.69) is 29.5 Å². The molecule has 0 N–H and O–H groups in total. The normalized spacial score (nSPS) is 24.5. The van der Waals surface area contributed by atoms with Gasteiger partial charge < -0.3 is 4.74 Å². The van der Waals surface area contributed by atoms with E-state index in [1.165, 1.54) is 5.57 Å². The van der Waals surface area contributed by atoms with E-state index in [-0.39, 0.29) is 0 Å². The molecule has 1 aliphatic carbocycles. The molecule has 1 aliphatic heterocycles. The first-order valence-electron chi connectivity index (χ1n) is 4.94. The van der Waals surface area contributed by atoms with Crippen LogP contribution in [0.3, 0.4) is 0 Å². The molecule has 1 radical (unpaired) electrons. The molecule has 0 spiro atoms. The molecular formula is C11H16NO. The van der Waals surface area contributed by atoms with Crippen LogP contribution in [0.5, 0.6) is 0 Å². The Labute approximate surface area is 79.9 Å². The molecule has 0 atom stereocenters. The summed E-state index contributed by atoms with van der Waals surface area (Å²) in [5.74, 6) is 0. The molecule has 0 aromatic heterocycles. The smallest absolute Gasteiger partial charge is 0.0594 e. The summed E-state index contributed by atoms with van der Waals surface area (Å²) in [5.41, 5.74) is 1.45. The second-order valence-electron chi connectivity index (χ2n) is 3.50. The van der Waals surface area contributed by atoms with Crippen LogP contribution in [-0.2, 0) is 4.74 Å². The number of allylic oxidation sites excluding steroid dienone is 2. The zero-order chi connectivity index (χ0) is 8.93. The van der Waals surface area contributed by atoms with Crippen LogP contribution in [0.2, 0.25) is 0 Å². The summed E-state index contributed by atoms with van der Waals surface area (Å²) in [6.07, 6.45) is 9.93. The fourth-order valence-corrected chi connectivity index (χ4v) is 1.69. The molecule has 1 fully saturated rings. The van der Waals surface area contributed by atoms with Crippen molar-refractivity contribution >= 4 is 0 Å². The quantitative estimate of drug-likeness (QED) is 0.634. The summed E-state index contributed by atoms with van der Waals surface area (Å²) >= 11 is 0. The average molecular weight is 178 g/mol. The van der Waals surface area contributed by atoms with Crippen molar-refractivity contribution in [3.63, 3.8) is 0 Å². The first-order valence-corrected chi connectivity index (χ1v) is 4.94. The molecule has 1 saturated heterocycles. The molecule has 2 rings (SSSR count). The van der Waals surface area contributed by atoms with Gasteiger partial charge in [0.2, 0.25) is 0 Å². The molecule has 0 saturated carbocycles. The van der Waals surface area contributed by atoms with Gasteiger partial charge in [-0.1, -0.05) is 18.2 Å². The van der Waals surface area contributed by atoms with Gasteiger partial charge in [-0.05, 0) is 18.4 Å². The van der Waals surface area contributed by atoms with E-state index in [1.54, 1.807) is 0 Å². The fourth-order valence-electron chi connectivity index (χ4n) is 1.69. The molecule has 13 heavy (non-hydrogen) atoms. The minimum atomic E-state index is 0.892. The third kappa shape index (κ3) is 2.68. The SMILES string of the molecule is [CH]1C=CC(CN2CCOCC2)=CC1. The van der Waals surface area contributed by atoms with E-state index in [1.807, 2.05) is 0 Å². The van der Waals surface area contributed by atoms with Crippen molar-refractivity contribution in [2.75, 3.05) is 32.8 Å². The van der Waals surface area contributed by atoms with Gasteiger partial charge in [-0.15, -0.1) is 0 Å². The highest BCUT2D eigenvalue weighted by molar-refractivity contribution is 5.27. The maximum atomic E-state index is 5.30. The summed E-state index contributed by atoms with van der Waals surface area (Å²) in [4.78, 5) is 2.45. The van der Waals surface area contributed by atoms with E-state index in [0.717, 1.165) is 39.3 Å². The van der Waals surface area contributed by atoms with Gasteiger partial charge in [0.1, 0.15) is 0 Å². The van der Waals surface area contributed by atoms with Crippen molar-refractivity contribution in [2.45, 2.75) is 6.42 Å². The molecule has 2 heteroatoms. The van der Waals surface area contributed by atoms with E-state index in [9.17, 15) is 0 Å². The average Bonchev–Trinajstić information content (AvgIpc) is 2.21. The Bertz CT molecular complexity index is 214. The van der Waals surface area contributed by atoms with Crippen molar-refractivity contribution < 1.29 is 4.74 Å². The predicted octanol–water partition coefficient (Wildman–Crippen LogP) is 1.41. The molecule has 71 valence electrons. The van der Waals surface area contributed by atoms with Gasteiger partial charge in [0.05, 0.1) is 13.2 Å². The van der Waals surface area contributed by atoms with Crippen LogP contribution in [0.15, 0.2) is 23.8 Å². The Morgan fingerprint density at radius 2 is 2.15 bits per heavy atom. The molecule has 0 aromatic carbocycles. The lowest BCUT2D eigenvalue weighted by atomic mass is 10.1. The molecular weight excluding hydrogens is 162 g/mol. The van der Waals surface area contributed by atoms with Crippen molar-refractivity contribution in [3.8, 4) is 0 Å². The van der Waals surface area contributed by atoms with Gasteiger partial charge in [0.25, 0.3) is 0 Å². The maximum absolute atomic E-state index is 5.30. The Morgan fingerprint density at radius 3 is 2.85 bits per heavy atom. The van der Waals surface area contributed by atoms with Gasteiger partial charge in [-0.2, -0.15) is 0 Å². The van der Waals surface area contributed by atoms with Crippen LogP contribution in [0.4, 0.5) is 0 Å². The molecule has 2 nitrogen and oxygen atoms in total. The Kier molecular flexibility index (Phi) is 3.16. The van der Waals surface area contributed by atoms with E-state index in [0.29, 0.717) is 0 Å². The highest BCUT2D eigenvalue weighted by atomic mass is 16.5. The third-order valence-corrected chi connectivity index (χ3v) is 2.47. The largest absolute Gasteiger partial charge is 0.379 e. The van der Waals surface area contributed by atoms with Crippen LogP contribution in [-0.4, -0.2) is 37.7 Å². The topological polar surface area (TPSA) is 12.5 Å². The summed E-state index contributed by atoms with van der Waals surface area (Å²) in [6, 6.07) is 0. The number of morpholine rings is 1. The van der Waals surface area contributed by atoms with E-state index in [4.69, 9.17) is 4.74 Å². The minimum absolute atomic E-state index is 0.892. The van der Waals surface area contributed by atoms with Gasteiger partial charge in [-0.25, -0.2) is 0 Å². The maximum Gasteiger partial charge on any atom is 0.0594 e. The molecule has 1 heterocycles. The van der Waals surface area contributed by atoms with Gasteiger partial charge in [0, 0.05) is 19.6 Å². The molecule has 0 aromatic rings. The summed E-state index contributed by atoms with van der Waals surface area (Å²) in [5, 5.41) is 0. The fraction of sp³-hybridized carbons (Fsp3) is 0.545. The molecule has 0 amide bonds. The lowest BCUT2D eigenvalue weighted by Gasteiger charge is -2.27. The Morgan fingerprint density at radius 1 is 1.31 bits per heavy atom. The van der Waals surface area contributed by atoms with E-state index < -0.39 is 0 Å². The summed E-state index contributed by atoms with van der Waals surface area (Å²) < 4.78 is 5.30. The van der Waals surface area contributed by atoms with Crippen molar-refractivity contribution in [3.05, 3.63) is 30.2 Å². The Hall–Kier alpha value is -0.600. The van der Waals surface area contributed by atoms with Gasteiger partial charge in [-0.3, -0.25) is 4.90 Å². The standard InChI is InChI=1S/C11H16NO/c1-2-4-11(5-3-1)10-12-6-8-13-9-7-12/h1-2,4-5H,3,6-10H2. The number of ether oxygens (including phenoxy) is 1. The second-order valence-corrected chi connectivity index (χ2v) is 3.50. The lowest BCUT2D eigenvalue weighted by molar-refractivity contribution is 0.0426.